The number of rotatable bonds is 5. The first kappa shape index (κ1) is 13.2. The number of carbonyl (C=O) groups is 1. The molecule has 1 saturated heterocycles. The van der Waals surface area contributed by atoms with E-state index >= 15 is 0 Å². The fourth-order valence-electron chi connectivity index (χ4n) is 2.15. The SMILES string of the molecule is CC(C)CC(=O)Cc1nc(C2CCCOC2)no1. The van der Waals surface area contributed by atoms with Gasteiger partial charge in [-0.2, -0.15) is 4.98 Å². The van der Waals surface area contributed by atoms with Crippen molar-refractivity contribution in [1.29, 1.82) is 0 Å². The predicted octanol–water partition coefficient (Wildman–Crippen LogP) is 2.12. The third kappa shape index (κ3) is 3.63. The lowest BCUT2D eigenvalue weighted by atomic mass is 10.0. The average molecular weight is 252 g/mol. The first-order chi connectivity index (χ1) is 8.65. The Labute approximate surface area is 107 Å². The molecule has 5 heteroatoms. The number of Topliss-reactive ketones (excluding diaryl/α,β-unsaturated/α-hetero) is 1. The number of hydrogen-bond acceptors (Lipinski definition) is 5. The van der Waals surface area contributed by atoms with Crippen molar-refractivity contribution in [2.75, 3.05) is 13.2 Å². The highest BCUT2D eigenvalue weighted by Gasteiger charge is 2.22. The van der Waals surface area contributed by atoms with E-state index in [9.17, 15) is 4.79 Å². The minimum Gasteiger partial charge on any atom is -0.381 e. The number of ketones is 1. The van der Waals surface area contributed by atoms with Gasteiger partial charge >= 0.3 is 0 Å². The second kappa shape index (κ2) is 6.09. The quantitative estimate of drug-likeness (QED) is 0.803. The molecule has 0 N–H and O–H groups in total. The van der Waals surface area contributed by atoms with Gasteiger partial charge in [0.05, 0.1) is 13.0 Å². The molecule has 1 fully saturated rings. The maximum atomic E-state index is 11.7. The van der Waals surface area contributed by atoms with Crippen LogP contribution in [0, 0.1) is 5.92 Å². The Bertz CT molecular complexity index is 395. The summed E-state index contributed by atoms with van der Waals surface area (Å²) in [5.74, 6) is 1.85. The van der Waals surface area contributed by atoms with Crippen LogP contribution < -0.4 is 0 Å². The van der Waals surface area contributed by atoms with Crippen molar-refractivity contribution in [3.05, 3.63) is 11.7 Å². The number of carbonyl (C=O) groups excluding carboxylic acids is 1. The van der Waals surface area contributed by atoms with Crippen LogP contribution in [0.2, 0.25) is 0 Å². The van der Waals surface area contributed by atoms with E-state index < -0.39 is 0 Å². The largest absolute Gasteiger partial charge is 0.381 e. The van der Waals surface area contributed by atoms with Crippen LogP contribution in [-0.4, -0.2) is 29.1 Å². The van der Waals surface area contributed by atoms with E-state index in [1.54, 1.807) is 0 Å². The molecule has 2 rings (SSSR count). The van der Waals surface area contributed by atoms with Crippen LogP contribution in [0.15, 0.2) is 4.52 Å². The highest BCUT2D eigenvalue weighted by molar-refractivity contribution is 5.80. The normalized spacial score (nSPS) is 20.3. The lowest BCUT2D eigenvalue weighted by Gasteiger charge is -2.18. The molecule has 18 heavy (non-hydrogen) atoms. The van der Waals surface area contributed by atoms with Gasteiger partial charge in [0.25, 0.3) is 0 Å². The van der Waals surface area contributed by atoms with Crippen LogP contribution in [0.4, 0.5) is 0 Å². The number of hydrogen-bond donors (Lipinski definition) is 0. The van der Waals surface area contributed by atoms with Crippen LogP contribution in [0.5, 0.6) is 0 Å². The Morgan fingerprint density at radius 1 is 1.50 bits per heavy atom. The van der Waals surface area contributed by atoms with Gasteiger partial charge in [-0.3, -0.25) is 4.79 Å². The van der Waals surface area contributed by atoms with Crippen molar-refractivity contribution in [1.82, 2.24) is 10.1 Å². The summed E-state index contributed by atoms with van der Waals surface area (Å²) in [6.07, 6.45) is 2.86. The molecule has 1 unspecified atom stereocenters. The van der Waals surface area contributed by atoms with Crippen LogP contribution >= 0.6 is 0 Å². The van der Waals surface area contributed by atoms with E-state index in [1.165, 1.54) is 0 Å². The summed E-state index contributed by atoms with van der Waals surface area (Å²) in [5, 5.41) is 3.95. The smallest absolute Gasteiger partial charge is 0.234 e. The zero-order valence-electron chi connectivity index (χ0n) is 11.0. The van der Waals surface area contributed by atoms with E-state index in [-0.39, 0.29) is 18.1 Å². The molecule has 0 spiro atoms. The molecule has 5 nitrogen and oxygen atoms in total. The maximum Gasteiger partial charge on any atom is 0.234 e. The maximum absolute atomic E-state index is 11.7. The topological polar surface area (TPSA) is 65.2 Å². The third-order valence-electron chi connectivity index (χ3n) is 2.99. The van der Waals surface area contributed by atoms with E-state index in [2.05, 4.69) is 10.1 Å². The van der Waals surface area contributed by atoms with Crippen molar-refractivity contribution >= 4 is 5.78 Å². The molecule has 0 radical (unpaired) electrons. The molecular formula is C13H20N2O3. The molecule has 1 aromatic rings. The molecular weight excluding hydrogens is 232 g/mol. The van der Waals surface area contributed by atoms with Crippen molar-refractivity contribution < 1.29 is 14.1 Å². The standard InChI is InChI=1S/C13H20N2O3/c1-9(2)6-11(16)7-12-14-13(15-18-12)10-4-3-5-17-8-10/h9-10H,3-8H2,1-2H3. The van der Waals surface area contributed by atoms with Crippen molar-refractivity contribution in [2.24, 2.45) is 5.92 Å². The monoisotopic (exact) mass is 252 g/mol. The van der Waals surface area contributed by atoms with Crippen LogP contribution in [0.3, 0.4) is 0 Å². The van der Waals surface area contributed by atoms with Gasteiger partial charge in [-0.15, -0.1) is 0 Å². The average Bonchev–Trinajstić information content (AvgIpc) is 2.77. The summed E-state index contributed by atoms with van der Waals surface area (Å²) in [6.45, 7) is 5.51. The molecule has 0 aliphatic carbocycles. The first-order valence-corrected chi connectivity index (χ1v) is 6.57. The molecule has 0 amide bonds. The Balaban J connectivity index is 1.91. The van der Waals surface area contributed by atoms with E-state index in [4.69, 9.17) is 9.26 Å². The zero-order chi connectivity index (χ0) is 13.0. The minimum atomic E-state index is 0.153. The summed E-state index contributed by atoms with van der Waals surface area (Å²) in [4.78, 5) is 16.0. The first-order valence-electron chi connectivity index (χ1n) is 6.57. The van der Waals surface area contributed by atoms with Crippen LogP contribution in [0.1, 0.15) is 50.7 Å². The molecule has 1 aliphatic rings. The van der Waals surface area contributed by atoms with Crippen molar-refractivity contribution in [3.8, 4) is 0 Å². The fourth-order valence-corrected chi connectivity index (χ4v) is 2.15. The molecule has 0 saturated carbocycles. The number of nitrogens with zero attached hydrogens (tertiary/aromatic N) is 2. The van der Waals surface area contributed by atoms with Crippen LogP contribution in [-0.2, 0) is 16.0 Å². The molecule has 1 aliphatic heterocycles. The Hall–Kier alpha value is -1.23. The minimum absolute atomic E-state index is 0.153. The Kier molecular flexibility index (Phi) is 4.47. The van der Waals surface area contributed by atoms with Crippen molar-refractivity contribution in [3.63, 3.8) is 0 Å². The van der Waals surface area contributed by atoms with Gasteiger partial charge in [0.2, 0.25) is 5.89 Å². The van der Waals surface area contributed by atoms with Gasteiger partial charge in [0.1, 0.15) is 5.78 Å². The zero-order valence-corrected chi connectivity index (χ0v) is 11.0. The van der Waals surface area contributed by atoms with E-state index in [0.29, 0.717) is 30.7 Å². The summed E-state index contributed by atoms with van der Waals surface area (Å²) < 4.78 is 10.5. The molecule has 100 valence electrons. The second-order valence-electron chi connectivity index (χ2n) is 5.27. The van der Waals surface area contributed by atoms with Gasteiger partial charge in [-0.1, -0.05) is 19.0 Å². The van der Waals surface area contributed by atoms with Gasteiger partial charge in [-0.05, 0) is 18.8 Å². The number of aromatic nitrogens is 2. The predicted molar refractivity (Wildman–Crippen MR) is 65.3 cm³/mol. The molecule has 1 atom stereocenters. The van der Waals surface area contributed by atoms with E-state index in [0.717, 1.165) is 19.4 Å². The Morgan fingerprint density at radius 3 is 3.00 bits per heavy atom. The molecule has 0 bridgehead atoms. The lowest BCUT2D eigenvalue weighted by molar-refractivity contribution is -0.119. The molecule has 0 aromatic carbocycles. The van der Waals surface area contributed by atoms with Gasteiger partial charge in [-0.25, -0.2) is 0 Å². The molecule has 1 aromatic heterocycles. The van der Waals surface area contributed by atoms with Crippen molar-refractivity contribution in [2.45, 2.75) is 45.4 Å². The second-order valence-corrected chi connectivity index (χ2v) is 5.27. The van der Waals surface area contributed by atoms with Gasteiger partial charge < -0.3 is 9.26 Å². The summed E-state index contributed by atoms with van der Waals surface area (Å²) in [7, 11) is 0. The van der Waals surface area contributed by atoms with Gasteiger partial charge in [0, 0.05) is 18.9 Å². The molecule has 2 heterocycles. The van der Waals surface area contributed by atoms with E-state index in [1.807, 2.05) is 13.8 Å². The summed E-state index contributed by atoms with van der Waals surface area (Å²) in [5.41, 5.74) is 0. The summed E-state index contributed by atoms with van der Waals surface area (Å²) in [6, 6.07) is 0. The van der Waals surface area contributed by atoms with Gasteiger partial charge in [0.15, 0.2) is 5.82 Å². The lowest BCUT2D eigenvalue weighted by Crippen LogP contribution is -2.16. The number of ether oxygens (including phenoxy) is 1. The highest BCUT2D eigenvalue weighted by atomic mass is 16.5. The highest BCUT2D eigenvalue weighted by Crippen LogP contribution is 2.23. The fraction of sp³-hybridized carbons (Fsp3) is 0.769. The summed E-state index contributed by atoms with van der Waals surface area (Å²) >= 11 is 0. The Morgan fingerprint density at radius 2 is 2.33 bits per heavy atom. The third-order valence-corrected chi connectivity index (χ3v) is 2.99. The van der Waals surface area contributed by atoms with Crippen LogP contribution in [0.25, 0.3) is 0 Å².